The van der Waals surface area contributed by atoms with Crippen LogP contribution in [-0.2, 0) is 11.3 Å². The van der Waals surface area contributed by atoms with Crippen LogP contribution in [0.15, 0.2) is 36.9 Å². The zero-order valence-corrected chi connectivity index (χ0v) is 17.7. The Hall–Kier alpha value is -2.68. The molecule has 2 aromatic heterocycles. The predicted octanol–water partition coefficient (Wildman–Crippen LogP) is 3.41. The molecule has 10 heteroatoms. The van der Waals surface area contributed by atoms with Crippen LogP contribution >= 0.6 is 23.2 Å². The van der Waals surface area contributed by atoms with Gasteiger partial charge in [-0.25, -0.2) is 9.97 Å². The topological polar surface area (TPSA) is 94.0 Å². The van der Waals surface area contributed by atoms with Gasteiger partial charge in [0.05, 0.1) is 22.7 Å². The number of hydrogen-bond donors (Lipinski definition) is 2. The highest BCUT2D eigenvalue weighted by molar-refractivity contribution is 6.42. The molecule has 0 aliphatic carbocycles. The van der Waals surface area contributed by atoms with Crippen molar-refractivity contribution in [2.24, 2.45) is 0 Å². The highest BCUT2D eigenvalue weighted by Crippen LogP contribution is 2.22. The van der Waals surface area contributed by atoms with Gasteiger partial charge in [-0.15, -0.1) is 0 Å². The van der Waals surface area contributed by atoms with E-state index in [2.05, 4.69) is 25.6 Å². The normalized spacial score (nSPS) is 15.9. The fraction of sp³-hybridized carbons (Fsp3) is 0.300. The molecule has 1 fully saturated rings. The highest BCUT2D eigenvalue weighted by atomic mass is 35.5. The van der Waals surface area contributed by atoms with Crippen molar-refractivity contribution in [1.29, 1.82) is 0 Å². The molecule has 1 atom stereocenters. The number of imidazole rings is 1. The van der Waals surface area contributed by atoms with E-state index in [9.17, 15) is 4.79 Å². The molecule has 0 saturated carbocycles. The molecule has 4 rings (SSSR count). The molecule has 1 unspecified atom stereocenters. The van der Waals surface area contributed by atoms with Gasteiger partial charge >= 0.3 is 0 Å². The quantitative estimate of drug-likeness (QED) is 0.602. The summed E-state index contributed by atoms with van der Waals surface area (Å²) in [7, 11) is 0. The van der Waals surface area contributed by atoms with Crippen LogP contribution in [0, 0.1) is 6.92 Å². The summed E-state index contributed by atoms with van der Waals surface area (Å²) >= 11 is 11.9. The Morgan fingerprint density at radius 1 is 1.30 bits per heavy atom. The first kappa shape index (κ1) is 20.6. The zero-order chi connectivity index (χ0) is 21.1. The number of halogens is 2. The summed E-state index contributed by atoms with van der Waals surface area (Å²) in [5, 5.41) is 7.02. The Morgan fingerprint density at radius 3 is 2.93 bits per heavy atom. The second-order valence-electron chi connectivity index (χ2n) is 7.00. The molecule has 156 valence electrons. The molecule has 2 N–H and O–H groups in total. The first-order valence-electron chi connectivity index (χ1n) is 9.44. The number of anilines is 1. The molecule has 3 aromatic rings. The van der Waals surface area contributed by atoms with Crippen LogP contribution in [0.1, 0.15) is 28.0 Å². The second-order valence-corrected chi connectivity index (χ2v) is 7.82. The van der Waals surface area contributed by atoms with Gasteiger partial charge in [-0.1, -0.05) is 29.3 Å². The minimum Gasteiger partial charge on any atom is -0.379 e. The lowest BCUT2D eigenvalue weighted by Crippen LogP contribution is -2.23. The van der Waals surface area contributed by atoms with Crippen molar-refractivity contribution >= 4 is 35.1 Å². The number of nitrogens with zero attached hydrogens (tertiary/aromatic N) is 4. The number of benzene rings is 1. The van der Waals surface area contributed by atoms with E-state index in [1.165, 1.54) is 0 Å². The third kappa shape index (κ3) is 4.72. The van der Waals surface area contributed by atoms with Gasteiger partial charge in [-0.3, -0.25) is 9.36 Å². The molecular weight excluding hydrogens is 427 g/mol. The fourth-order valence-electron chi connectivity index (χ4n) is 3.07. The van der Waals surface area contributed by atoms with Crippen LogP contribution < -0.4 is 10.6 Å². The lowest BCUT2D eigenvalue weighted by atomic mass is 10.2. The monoisotopic (exact) mass is 446 g/mol. The number of nitrogens with one attached hydrogen (secondary N) is 2. The van der Waals surface area contributed by atoms with Crippen molar-refractivity contribution in [2.75, 3.05) is 18.5 Å². The van der Waals surface area contributed by atoms with Gasteiger partial charge in [0.2, 0.25) is 5.95 Å². The molecule has 1 amide bonds. The highest BCUT2D eigenvalue weighted by Gasteiger charge is 2.17. The maximum absolute atomic E-state index is 12.5. The van der Waals surface area contributed by atoms with E-state index in [0.717, 1.165) is 24.2 Å². The second kappa shape index (κ2) is 8.99. The summed E-state index contributed by atoms with van der Waals surface area (Å²) in [4.78, 5) is 25.6. The van der Waals surface area contributed by atoms with Gasteiger partial charge in [0.15, 0.2) is 0 Å². The molecule has 8 nitrogen and oxygen atoms in total. The van der Waals surface area contributed by atoms with Gasteiger partial charge in [0.1, 0.15) is 17.8 Å². The number of amides is 1. The van der Waals surface area contributed by atoms with E-state index in [0.29, 0.717) is 35.0 Å². The Kier molecular flexibility index (Phi) is 6.17. The summed E-state index contributed by atoms with van der Waals surface area (Å²) in [5.41, 5.74) is 1.99. The number of aromatic nitrogens is 4. The molecule has 0 bridgehead atoms. The number of rotatable bonds is 6. The number of hydrogen-bond acceptors (Lipinski definition) is 6. The van der Waals surface area contributed by atoms with Gasteiger partial charge < -0.3 is 15.4 Å². The Labute approximate surface area is 183 Å². The van der Waals surface area contributed by atoms with Crippen molar-refractivity contribution in [3.05, 3.63) is 63.8 Å². The maximum Gasteiger partial charge on any atom is 0.271 e. The average molecular weight is 447 g/mol. The molecule has 1 aliphatic rings. The summed E-state index contributed by atoms with van der Waals surface area (Å²) in [6, 6.07) is 5.42. The van der Waals surface area contributed by atoms with E-state index < -0.39 is 0 Å². The first-order valence-corrected chi connectivity index (χ1v) is 10.2. The molecule has 1 saturated heterocycles. The first-order chi connectivity index (χ1) is 14.5. The minimum absolute atomic E-state index is 0.200. The molecule has 0 spiro atoms. The summed E-state index contributed by atoms with van der Waals surface area (Å²) in [6.45, 7) is 3.59. The van der Waals surface area contributed by atoms with E-state index in [-0.39, 0.29) is 17.6 Å². The van der Waals surface area contributed by atoms with Gasteiger partial charge in [0.25, 0.3) is 5.91 Å². The van der Waals surface area contributed by atoms with E-state index in [4.69, 9.17) is 27.9 Å². The smallest absolute Gasteiger partial charge is 0.271 e. The van der Waals surface area contributed by atoms with Crippen molar-refractivity contribution in [2.45, 2.75) is 25.9 Å². The van der Waals surface area contributed by atoms with Gasteiger partial charge in [-0.2, -0.15) is 4.98 Å². The summed E-state index contributed by atoms with van der Waals surface area (Å²) in [6.07, 6.45) is 5.86. The zero-order valence-electron chi connectivity index (χ0n) is 16.2. The van der Waals surface area contributed by atoms with Crippen molar-refractivity contribution in [3.63, 3.8) is 0 Å². The third-order valence-electron chi connectivity index (χ3n) is 4.70. The third-order valence-corrected chi connectivity index (χ3v) is 5.44. The summed E-state index contributed by atoms with van der Waals surface area (Å²) < 4.78 is 7.08. The molecule has 30 heavy (non-hydrogen) atoms. The van der Waals surface area contributed by atoms with Gasteiger partial charge in [-0.05, 0) is 31.0 Å². The minimum atomic E-state index is -0.298. The van der Waals surface area contributed by atoms with Gasteiger partial charge in [0, 0.05) is 31.1 Å². The lowest BCUT2D eigenvalue weighted by Gasteiger charge is -2.12. The van der Waals surface area contributed by atoms with Crippen molar-refractivity contribution in [1.82, 2.24) is 24.8 Å². The molecule has 0 radical (unpaired) electrons. The van der Waals surface area contributed by atoms with E-state index in [1.807, 2.05) is 6.92 Å². The number of aryl methyl sites for hydroxylation is 1. The molecular formula is C20H20Cl2N6O2. The largest absolute Gasteiger partial charge is 0.379 e. The Balaban J connectivity index is 1.45. The van der Waals surface area contributed by atoms with Crippen LogP contribution in [0.2, 0.25) is 10.0 Å². The number of ether oxygens (including phenoxy) is 1. The van der Waals surface area contributed by atoms with Crippen molar-refractivity contribution < 1.29 is 9.53 Å². The lowest BCUT2D eigenvalue weighted by molar-refractivity contribution is 0.0946. The van der Waals surface area contributed by atoms with Crippen LogP contribution in [0.5, 0.6) is 0 Å². The number of carbonyl (C=O) groups excluding carboxylic acids is 1. The Morgan fingerprint density at radius 2 is 2.17 bits per heavy atom. The SMILES string of the molecule is Cc1cnc(NC2CCOC2)nc1-n1cnc(C(=O)NCc2ccc(Cl)c(Cl)c2)c1. The molecule has 1 aliphatic heterocycles. The van der Waals surface area contributed by atoms with Crippen LogP contribution in [0.4, 0.5) is 5.95 Å². The fourth-order valence-corrected chi connectivity index (χ4v) is 3.39. The standard InChI is InChI=1S/C20H20Cl2N6O2/c1-12-7-24-20(26-14-4-5-30-10-14)27-18(12)28-9-17(25-11-28)19(29)23-8-13-2-3-15(21)16(22)6-13/h2-3,6-7,9,11,14H,4-5,8,10H2,1H3,(H,23,29)(H,24,26,27). The van der Waals surface area contributed by atoms with Crippen LogP contribution in [0.3, 0.4) is 0 Å². The Bertz CT molecular complexity index is 1070. The predicted molar refractivity (Wildman–Crippen MR) is 114 cm³/mol. The molecule has 3 heterocycles. The average Bonchev–Trinajstić information content (AvgIpc) is 3.42. The van der Waals surface area contributed by atoms with Crippen LogP contribution in [-0.4, -0.2) is 44.7 Å². The van der Waals surface area contributed by atoms with E-state index >= 15 is 0 Å². The van der Waals surface area contributed by atoms with Crippen molar-refractivity contribution in [3.8, 4) is 5.82 Å². The van der Waals surface area contributed by atoms with Crippen LogP contribution in [0.25, 0.3) is 5.82 Å². The maximum atomic E-state index is 12.5. The molecule has 1 aromatic carbocycles. The summed E-state index contributed by atoms with van der Waals surface area (Å²) in [5.74, 6) is 0.876. The van der Waals surface area contributed by atoms with E-state index in [1.54, 1.807) is 41.5 Å². The number of carbonyl (C=O) groups is 1.